The van der Waals surface area contributed by atoms with Crippen molar-refractivity contribution in [2.24, 2.45) is 7.05 Å². The Hall–Kier alpha value is -3.33. The van der Waals surface area contributed by atoms with E-state index in [9.17, 15) is 9.59 Å². The lowest BCUT2D eigenvalue weighted by Gasteiger charge is -2.20. The molecule has 0 fully saturated rings. The summed E-state index contributed by atoms with van der Waals surface area (Å²) in [5.41, 5.74) is 1.92. The molecular formula is C19H18N6O2S. The fourth-order valence-electron chi connectivity index (χ4n) is 2.94. The summed E-state index contributed by atoms with van der Waals surface area (Å²) in [4.78, 5) is 36.0. The average Bonchev–Trinajstić information content (AvgIpc) is 3.29. The van der Waals surface area contributed by atoms with Crippen molar-refractivity contribution in [2.75, 3.05) is 4.90 Å². The molecule has 0 saturated heterocycles. The molecule has 1 aromatic carbocycles. The van der Waals surface area contributed by atoms with Crippen LogP contribution >= 0.6 is 11.3 Å². The molecule has 0 aliphatic heterocycles. The van der Waals surface area contributed by atoms with Crippen molar-refractivity contribution in [3.63, 3.8) is 0 Å². The molecule has 0 radical (unpaired) electrons. The van der Waals surface area contributed by atoms with Gasteiger partial charge < -0.3 is 0 Å². The van der Waals surface area contributed by atoms with Gasteiger partial charge in [0, 0.05) is 25.4 Å². The van der Waals surface area contributed by atoms with E-state index in [1.165, 1.54) is 28.4 Å². The van der Waals surface area contributed by atoms with Crippen LogP contribution in [0, 0.1) is 6.92 Å². The van der Waals surface area contributed by atoms with Gasteiger partial charge in [-0.25, -0.2) is 9.97 Å². The van der Waals surface area contributed by atoms with Crippen molar-refractivity contribution >= 4 is 39.1 Å². The molecule has 0 atom stereocenters. The first-order chi connectivity index (χ1) is 13.5. The van der Waals surface area contributed by atoms with Gasteiger partial charge in [0.25, 0.3) is 5.56 Å². The summed E-state index contributed by atoms with van der Waals surface area (Å²) in [6.45, 7) is 2.12. The fraction of sp³-hybridized carbons (Fsp3) is 0.211. The van der Waals surface area contributed by atoms with Gasteiger partial charge >= 0.3 is 0 Å². The molecule has 0 N–H and O–H groups in total. The molecule has 0 unspecified atom stereocenters. The summed E-state index contributed by atoms with van der Waals surface area (Å²) in [5.74, 6) is -0.140. The number of anilines is 2. The number of benzene rings is 1. The van der Waals surface area contributed by atoms with Gasteiger partial charge in [-0.15, -0.1) is 11.3 Å². The first-order valence-electron chi connectivity index (χ1n) is 8.72. The molecule has 0 aliphatic rings. The van der Waals surface area contributed by atoms with Crippen LogP contribution in [0.4, 0.5) is 10.8 Å². The number of nitrogens with zero attached hydrogens (tertiary/aromatic N) is 6. The second kappa shape index (κ2) is 7.35. The highest BCUT2D eigenvalue weighted by Gasteiger charge is 2.21. The minimum atomic E-state index is -0.206. The van der Waals surface area contributed by atoms with Crippen LogP contribution in [-0.2, 0) is 18.4 Å². The quantitative estimate of drug-likeness (QED) is 0.519. The highest BCUT2D eigenvalue weighted by molar-refractivity contribution is 7.14. The average molecular weight is 394 g/mol. The topological polar surface area (TPSA) is 85.9 Å². The predicted molar refractivity (Wildman–Crippen MR) is 108 cm³/mol. The van der Waals surface area contributed by atoms with Gasteiger partial charge in [-0.05, 0) is 19.1 Å². The van der Waals surface area contributed by atoms with Crippen LogP contribution in [0.25, 0.3) is 11.0 Å². The Bertz CT molecular complexity index is 1190. The summed E-state index contributed by atoms with van der Waals surface area (Å²) in [6, 6.07) is 9.38. The first kappa shape index (κ1) is 18.1. The van der Waals surface area contributed by atoms with E-state index in [4.69, 9.17) is 0 Å². The lowest BCUT2D eigenvalue weighted by atomic mass is 10.2. The van der Waals surface area contributed by atoms with Gasteiger partial charge in [0.2, 0.25) is 5.91 Å². The van der Waals surface area contributed by atoms with Gasteiger partial charge in [0.15, 0.2) is 10.8 Å². The number of carbonyl (C=O) groups is 1. The summed E-state index contributed by atoms with van der Waals surface area (Å²) in [5, 5.41) is 7.02. The number of aromatic nitrogens is 5. The minimum Gasteiger partial charge on any atom is -0.298 e. The number of thiazole rings is 1. The number of amides is 1. The van der Waals surface area contributed by atoms with E-state index in [2.05, 4.69) is 15.1 Å². The van der Waals surface area contributed by atoms with Crippen molar-refractivity contribution in [1.82, 2.24) is 24.3 Å². The van der Waals surface area contributed by atoms with Crippen LogP contribution in [-0.4, -0.2) is 30.2 Å². The molecule has 8 nitrogen and oxygen atoms in total. The molecule has 4 aromatic rings. The summed E-state index contributed by atoms with van der Waals surface area (Å²) in [7, 11) is 1.73. The number of fused-ring (bicyclic) bond motifs is 1. The maximum atomic E-state index is 13.0. The van der Waals surface area contributed by atoms with Crippen LogP contribution < -0.4 is 10.5 Å². The second-order valence-electron chi connectivity index (χ2n) is 6.33. The monoisotopic (exact) mass is 394 g/mol. The van der Waals surface area contributed by atoms with Crippen molar-refractivity contribution in [1.29, 1.82) is 0 Å². The van der Waals surface area contributed by atoms with Crippen LogP contribution in [0.15, 0.2) is 53.0 Å². The van der Waals surface area contributed by atoms with E-state index in [0.29, 0.717) is 16.2 Å². The van der Waals surface area contributed by atoms with Crippen LogP contribution in [0.3, 0.4) is 0 Å². The van der Waals surface area contributed by atoms with E-state index >= 15 is 0 Å². The van der Waals surface area contributed by atoms with E-state index < -0.39 is 0 Å². The molecule has 3 heterocycles. The van der Waals surface area contributed by atoms with Gasteiger partial charge in [-0.2, -0.15) is 5.10 Å². The third kappa shape index (κ3) is 3.31. The van der Waals surface area contributed by atoms with Crippen LogP contribution in [0.2, 0.25) is 0 Å². The smallest absolute Gasteiger partial charge is 0.264 e. The van der Waals surface area contributed by atoms with Crippen molar-refractivity contribution in [2.45, 2.75) is 19.9 Å². The zero-order valence-corrected chi connectivity index (χ0v) is 16.3. The van der Waals surface area contributed by atoms with Gasteiger partial charge in [-0.3, -0.25) is 23.7 Å². The third-order valence-electron chi connectivity index (χ3n) is 4.35. The standard InChI is InChI=1S/C19H18N6O2S/c1-13-11-28-19(22-13)25(14-6-4-3-5-7-14)16(26)8-9-24-12-20-17-15(18(24)27)10-21-23(17)2/h3-7,10-12H,8-9H2,1-2H3. The number of carbonyl (C=O) groups excluding carboxylic acids is 1. The minimum absolute atomic E-state index is 0.140. The molecule has 0 spiro atoms. The first-order valence-corrected chi connectivity index (χ1v) is 9.60. The lowest BCUT2D eigenvalue weighted by Crippen LogP contribution is -2.29. The highest BCUT2D eigenvalue weighted by atomic mass is 32.1. The van der Waals surface area contributed by atoms with Crippen molar-refractivity contribution in [3.8, 4) is 0 Å². The Morgan fingerprint density at radius 3 is 2.75 bits per heavy atom. The SMILES string of the molecule is Cc1csc(N(C(=O)CCn2cnc3c(cnn3C)c2=O)c2ccccc2)n1. The highest BCUT2D eigenvalue weighted by Crippen LogP contribution is 2.29. The molecule has 0 bridgehead atoms. The van der Waals surface area contributed by atoms with Gasteiger partial charge in [-0.1, -0.05) is 18.2 Å². The molecule has 3 aromatic heterocycles. The normalized spacial score (nSPS) is 11.1. The number of rotatable bonds is 5. The summed E-state index contributed by atoms with van der Waals surface area (Å²) >= 11 is 1.41. The lowest BCUT2D eigenvalue weighted by molar-refractivity contribution is -0.118. The molecule has 4 rings (SSSR count). The van der Waals surface area contributed by atoms with Crippen molar-refractivity contribution < 1.29 is 4.79 Å². The number of hydrogen-bond acceptors (Lipinski definition) is 6. The fourth-order valence-corrected chi connectivity index (χ4v) is 3.77. The summed E-state index contributed by atoms with van der Waals surface area (Å²) < 4.78 is 2.99. The Morgan fingerprint density at radius 1 is 1.25 bits per heavy atom. The van der Waals surface area contributed by atoms with E-state index in [1.807, 2.05) is 42.6 Å². The Kier molecular flexibility index (Phi) is 4.74. The molecule has 142 valence electrons. The number of hydrogen-bond donors (Lipinski definition) is 0. The van der Waals surface area contributed by atoms with Crippen molar-refractivity contribution in [3.05, 3.63) is 64.3 Å². The molecule has 28 heavy (non-hydrogen) atoms. The second-order valence-corrected chi connectivity index (χ2v) is 7.17. The zero-order chi connectivity index (χ0) is 19.7. The molecule has 1 amide bonds. The molecule has 0 saturated carbocycles. The van der Waals surface area contributed by atoms with E-state index in [0.717, 1.165) is 11.4 Å². The Labute approximate surface area is 164 Å². The third-order valence-corrected chi connectivity index (χ3v) is 5.29. The molecule has 0 aliphatic carbocycles. The van der Waals surface area contributed by atoms with E-state index in [-0.39, 0.29) is 24.4 Å². The molecule has 9 heteroatoms. The zero-order valence-electron chi connectivity index (χ0n) is 15.4. The number of para-hydroxylation sites is 1. The van der Waals surface area contributed by atoms with Gasteiger partial charge in [0.05, 0.1) is 23.9 Å². The maximum absolute atomic E-state index is 13.0. The van der Waals surface area contributed by atoms with Crippen LogP contribution in [0.1, 0.15) is 12.1 Å². The Morgan fingerprint density at radius 2 is 2.04 bits per heavy atom. The largest absolute Gasteiger partial charge is 0.298 e. The van der Waals surface area contributed by atoms with Gasteiger partial charge in [0.1, 0.15) is 5.39 Å². The summed E-state index contributed by atoms with van der Waals surface area (Å²) in [6.07, 6.45) is 3.10. The maximum Gasteiger partial charge on any atom is 0.264 e. The number of aryl methyl sites for hydroxylation is 3. The Balaban J connectivity index is 1.60. The van der Waals surface area contributed by atoms with Crippen LogP contribution in [0.5, 0.6) is 0 Å². The van der Waals surface area contributed by atoms with E-state index in [1.54, 1.807) is 16.6 Å². The predicted octanol–water partition coefficient (Wildman–Crippen LogP) is 2.65. The molecular weight excluding hydrogens is 376 g/mol.